The summed E-state index contributed by atoms with van der Waals surface area (Å²) >= 11 is 1.73. The van der Waals surface area contributed by atoms with Gasteiger partial charge in [0.25, 0.3) is 0 Å². The van der Waals surface area contributed by atoms with E-state index in [2.05, 4.69) is 41.6 Å². The Morgan fingerprint density at radius 1 is 1.05 bits per heavy atom. The highest BCUT2D eigenvalue weighted by molar-refractivity contribution is 7.98. The first-order valence-corrected chi connectivity index (χ1v) is 7.75. The van der Waals surface area contributed by atoms with Crippen molar-refractivity contribution in [3.63, 3.8) is 0 Å². The molecule has 20 heavy (non-hydrogen) atoms. The second kappa shape index (κ2) is 5.65. The molecule has 0 spiro atoms. The first-order chi connectivity index (χ1) is 9.79. The first kappa shape index (κ1) is 13.2. The highest BCUT2D eigenvalue weighted by atomic mass is 32.2. The van der Waals surface area contributed by atoms with E-state index in [-0.39, 0.29) is 6.04 Å². The van der Waals surface area contributed by atoms with E-state index in [0.717, 1.165) is 16.5 Å². The van der Waals surface area contributed by atoms with Crippen molar-refractivity contribution in [1.29, 1.82) is 0 Å². The van der Waals surface area contributed by atoms with Crippen molar-refractivity contribution in [2.45, 2.75) is 10.9 Å². The topological polar surface area (TPSA) is 38.9 Å². The molecule has 3 heteroatoms. The number of fused-ring (bicyclic) bond motifs is 1. The van der Waals surface area contributed by atoms with Crippen LogP contribution in [0.5, 0.6) is 0 Å². The molecule has 1 heterocycles. The first-order valence-electron chi connectivity index (χ1n) is 6.53. The van der Waals surface area contributed by atoms with Crippen LogP contribution in [0.2, 0.25) is 0 Å². The summed E-state index contributed by atoms with van der Waals surface area (Å²) in [5, 5.41) is 1.13. The normalized spacial score (nSPS) is 12.5. The van der Waals surface area contributed by atoms with Crippen LogP contribution in [-0.2, 0) is 0 Å². The van der Waals surface area contributed by atoms with Crippen LogP contribution in [0.15, 0.2) is 65.7 Å². The van der Waals surface area contributed by atoms with Gasteiger partial charge in [0, 0.05) is 16.5 Å². The molecule has 1 unspecified atom stereocenters. The SMILES string of the molecule is CSc1ccccc1C(N)c1ccc2ncccc2c1. The Balaban J connectivity index is 2.05. The summed E-state index contributed by atoms with van der Waals surface area (Å²) in [4.78, 5) is 5.57. The Kier molecular flexibility index (Phi) is 3.72. The van der Waals surface area contributed by atoms with E-state index in [9.17, 15) is 0 Å². The highest BCUT2D eigenvalue weighted by Gasteiger charge is 2.12. The monoisotopic (exact) mass is 280 g/mol. The molecule has 0 amide bonds. The standard InChI is InChI=1S/C17H16N2S/c1-20-16-7-3-2-6-14(16)17(18)13-8-9-15-12(11-13)5-4-10-19-15/h2-11,17H,18H2,1H3. The van der Waals surface area contributed by atoms with Crippen LogP contribution in [0.3, 0.4) is 0 Å². The van der Waals surface area contributed by atoms with Gasteiger partial charge in [-0.3, -0.25) is 4.98 Å². The molecular weight excluding hydrogens is 264 g/mol. The molecule has 0 bridgehead atoms. The van der Waals surface area contributed by atoms with Gasteiger partial charge in [-0.25, -0.2) is 0 Å². The molecule has 0 radical (unpaired) electrons. The van der Waals surface area contributed by atoms with Gasteiger partial charge in [-0.05, 0) is 41.6 Å². The molecule has 0 aliphatic rings. The van der Waals surface area contributed by atoms with E-state index in [4.69, 9.17) is 5.73 Å². The average Bonchev–Trinajstić information content (AvgIpc) is 2.53. The van der Waals surface area contributed by atoms with Crippen LogP contribution < -0.4 is 5.73 Å². The van der Waals surface area contributed by atoms with Gasteiger partial charge in [0.05, 0.1) is 11.6 Å². The molecular formula is C17H16N2S. The number of hydrogen-bond acceptors (Lipinski definition) is 3. The number of hydrogen-bond donors (Lipinski definition) is 1. The molecule has 2 N–H and O–H groups in total. The van der Waals surface area contributed by atoms with Crippen LogP contribution in [-0.4, -0.2) is 11.2 Å². The summed E-state index contributed by atoms with van der Waals surface area (Å²) < 4.78 is 0. The summed E-state index contributed by atoms with van der Waals surface area (Å²) in [6, 6.07) is 18.4. The minimum atomic E-state index is -0.108. The number of benzene rings is 2. The Bertz CT molecular complexity index is 740. The summed E-state index contributed by atoms with van der Waals surface area (Å²) in [6.07, 6.45) is 3.89. The van der Waals surface area contributed by atoms with Gasteiger partial charge in [0.15, 0.2) is 0 Å². The molecule has 3 aromatic rings. The van der Waals surface area contributed by atoms with Gasteiger partial charge in [-0.1, -0.05) is 30.3 Å². The minimum absolute atomic E-state index is 0.108. The third-order valence-electron chi connectivity index (χ3n) is 3.46. The molecule has 2 aromatic carbocycles. The highest BCUT2D eigenvalue weighted by Crippen LogP contribution is 2.29. The lowest BCUT2D eigenvalue weighted by Gasteiger charge is -2.16. The molecule has 0 aliphatic heterocycles. The van der Waals surface area contributed by atoms with Crippen LogP contribution in [0, 0.1) is 0 Å². The van der Waals surface area contributed by atoms with Crippen molar-refractivity contribution in [1.82, 2.24) is 4.98 Å². The number of nitrogens with two attached hydrogens (primary N) is 1. The van der Waals surface area contributed by atoms with Crippen molar-refractivity contribution >= 4 is 22.7 Å². The summed E-state index contributed by atoms with van der Waals surface area (Å²) in [6.45, 7) is 0. The summed E-state index contributed by atoms with van der Waals surface area (Å²) in [5.41, 5.74) is 9.74. The molecule has 100 valence electrons. The fourth-order valence-electron chi connectivity index (χ4n) is 2.39. The molecule has 0 fully saturated rings. The molecule has 0 saturated carbocycles. The number of rotatable bonds is 3. The lowest BCUT2D eigenvalue weighted by molar-refractivity contribution is 0.850. The maximum atomic E-state index is 6.45. The zero-order valence-corrected chi connectivity index (χ0v) is 12.1. The third-order valence-corrected chi connectivity index (χ3v) is 4.27. The van der Waals surface area contributed by atoms with Gasteiger partial charge >= 0.3 is 0 Å². The van der Waals surface area contributed by atoms with E-state index in [1.54, 1.807) is 11.8 Å². The maximum Gasteiger partial charge on any atom is 0.0702 e. The van der Waals surface area contributed by atoms with Crippen molar-refractivity contribution in [3.8, 4) is 0 Å². The molecule has 1 aromatic heterocycles. The van der Waals surface area contributed by atoms with Gasteiger partial charge in [-0.2, -0.15) is 0 Å². The number of nitrogens with zero attached hydrogens (tertiary/aromatic N) is 1. The minimum Gasteiger partial charge on any atom is -0.320 e. The van der Waals surface area contributed by atoms with Crippen molar-refractivity contribution in [2.24, 2.45) is 5.73 Å². The maximum absolute atomic E-state index is 6.45. The predicted molar refractivity (Wildman–Crippen MR) is 86.0 cm³/mol. The summed E-state index contributed by atoms with van der Waals surface area (Å²) in [7, 11) is 0. The predicted octanol–water partition coefficient (Wildman–Crippen LogP) is 4.00. The second-order valence-corrected chi connectivity index (χ2v) is 5.52. The van der Waals surface area contributed by atoms with E-state index in [1.807, 2.05) is 30.5 Å². The van der Waals surface area contributed by atoms with E-state index >= 15 is 0 Å². The van der Waals surface area contributed by atoms with Crippen molar-refractivity contribution in [3.05, 3.63) is 71.9 Å². The largest absolute Gasteiger partial charge is 0.320 e. The van der Waals surface area contributed by atoms with Crippen LogP contribution >= 0.6 is 11.8 Å². The quantitative estimate of drug-likeness (QED) is 0.737. The molecule has 1 atom stereocenters. The van der Waals surface area contributed by atoms with Gasteiger partial charge in [0.1, 0.15) is 0 Å². The fraction of sp³-hybridized carbons (Fsp3) is 0.118. The van der Waals surface area contributed by atoms with Gasteiger partial charge < -0.3 is 5.73 Å². The lowest BCUT2D eigenvalue weighted by Crippen LogP contribution is -2.12. The summed E-state index contributed by atoms with van der Waals surface area (Å²) in [5.74, 6) is 0. The zero-order valence-electron chi connectivity index (χ0n) is 11.3. The smallest absolute Gasteiger partial charge is 0.0702 e. The molecule has 3 rings (SSSR count). The van der Waals surface area contributed by atoms with Crippen LogP contribution in [0.1, 0.15) is 17.2 Å². The molecule has 0 aliphatic carbocycles. The number of aromatic nitrogens is 1. The second-order valence-electron chi connectivity index (χ2n) is 4.68. The van der Waals surface area contributed by atoms with E-state index in [0.29, 0.717) is 0 Å². The number of pyridine rings is 1. The molecule has 2 nitrogen and oxygen atoms in total. The van der Waals surface area contributed by atoms with E-state index in [1.165, 1.54) is 10.5 Å². The number of thioether (sulfide) groups is 1. The van der Waals surface area contributed by atoms with Crippen LogP contribution in [0.4, 0.5) is 0 Å². The van der Waals surface area contributed by atoms with Gasteiger partial charge in [0.2, 0.25) is 0 Å². The Morgan fingerprint density at radius 2 is 1.90 bits per heavy atom. The zero-order chi connectivity index (χ0) is 13.9. The Morgan fingerprint density at radius 3 is 2.75 bits per heavy atom. The van der Waals surface area contributed by atoms with Crippen molar-refractivity contribution < 1.29 is 0 Å². The Hall–Kier alpha value is -1.84. The Labute approximate surface area is 123 Å². The molecule has 0 saturated heterocycles. The van der Waals surface area contributed by atoms with Gasteiger partial charge in [-0.15, -0.1) is 11.8 Å². The van der Waals surface area contributed by atoms with Crippen molar-refractivity contribution in [2.75, 3.05) is 6.26 Å². The lowest BCUT2D eigenvalue weighted by atomic mass is 9.98. The van der Waals surface area contributed by atoms with Crippen LogP contribution in [0.25, 0.3) is 10.9 Å². The third kappa shape index (κ3) is 2.42. The van der Waals surface area contributed by atoms with E-state index < -0.39 is 0 Å². The fourth-order valence-corrected chi connectivity index (χ4v) is 3.04. The average molecular weight is 280 g/mol.